The molecule has 5 rings (SSSR count). The summed E-state index contributed by atoms with van der Waals surface area (Å²) in [6.45, 7) is 12.2. The third-order valence-electron chi connectivity index (χ3n) is 11.6. The predicted molar refractivity (Wildman–Crippen MR) is 159 cm³/mol. The fraction of sp³-hybridized carbons (Fsp3) is 0.871. The van der Waals surface area contributed by atoms with Crippen LogP contribution < -0.4 is 0 Å². The minimum absolute atomic E-state index is 0.0180. The lowest BCUT2D eigenvalue weighted by atomic mass is 9.43. The SMILES string of the molecule is C=C1C2CCC3C4(C)CC(OC5OC(C[125I])C(OOO)[C@@H](C)C5OC(=O)CC(C)C)CC(C(=O)O)C4CCC3(C2)C1O. The molecule has 12 unspecified atom stereocenters. The van der Waals surface area contributed by atoms with Gasteiger partial charge in [0.05, 0.1) is 24.2 Å². The second-order valence-corrected chi connectivity index (χ2v) is 15.2. The van der Waals surface area contributed by atoms with Crippen LogP contribution in [0.25, 0.3) is 0 Å². The Morgan fingerprint density at radius 1 is 1.19 bits per heavy atom. The minimum Gasteiger partial charge on any atom is -0.481 e. The summed E-state index contributed by atoms with van der Waals surface area (Å²) < 4.78 is 19.4. The first-order valence-corrected chi connectivity index (χ1v) is 17.0. The van der Waals surface area contributed by atoms with Gasteiger partial charge in [0.2, 0.25) is 0 Å². The van der Waals surface area contributed by atoms with E-state index in [1.165, 1.54) is 0 Å². The van der Waals surface area contributed by atoms with Crippen molar-refractivity contribution in [2.24, 2.45) is 46.3 Å². The van der Waals surface area contributed by atoms with E-state index < -0.39 is 60.6 Å². The molecule has 238 valence electrons. The first kappa shape index (κ1) is 32.6. The molecule has 4 aliphatic carbocycles. The normalized spacial score (nSPS) is 46.7. The van der Waals surface area contributed by atoms with Crippen molar-refractivity contribution in [1.82, 2.24) is 0 Å². The van der Waals surface area contributed by atoms with Crippen molar-refractivity contribution >= 4 is 34.5 Å². The van der Waals surface area contributed by atoms with Gasteiger partial charge in [-0.1, -0.05) is 61.9 Å². The number of carbonyl (C=O) groups is 2. The van der Waals surface area contributed by atoms with Crippen LogP contribution in [0.2, 0.25) is 0 Å². The molecule has 1 saturated heterocycles. The summed E-state index contributed by atoms with van der Waals surface area (Å²) in [4.78, 5) is 30.7. The molecule has 4 saturated carbocycles. The van der Waals surface area contributed by atoms with Crippen molar-refractivity contribution in [2.45, 2.75) is 116 Å². The van der Waals surface area contributed by atoms with Crippen molar-refractivity contribution < 1.29 is 49.2 Å². The number of aliphatic hydroxyl groups excluding tert-OH is 1. The van der Waals surface area contributed by atoms with Crippen LogP contribution in [0, 0.1) is 46.3 Å². The highest BCUT2D eigenvalue weighted by Gasteiger charge is 2.67. The Morgan fingerprint density at radius 2 is 1.93 bits per heavy atom. The van der Waals surface area contributed by atoms with Crippen molar-refractivity contribution in [2.75, 3.05) is 4.43 Å². The number of ether oxygens (including phenoxy) is 3. The molecule has 5 aliphatic rings. The molecule has 3 N–H and O–H groups in total. The summed E-state index contributed by atoms with van der Waals surface area (Å²) in [6.07, 6.45) is 1.57. The zero-order valence-electron chi connectivity index (χ0n) is 25.1. The molecule has 5 fully saturated rings. The quantitative estimate of drug-likeness (QED) is 0.0561. The van der Waals surface area contributed by atoms with Crippen LogP contribution in [0.5, 0.6) is 0 Å². The third kappa shape index (κ3) is 5.58. The summed E-state index contributed by atoms with van der Waals surface area (Å²) in [5, 5.41) is 35.0. The average Bonchev–Trinajstić information content (AvgIpc) is 3.10. The molecule has 0 aromatic rings. The van der Waals surface area contributed by atoms with Crippen LogP contribution in [0.3, 0.4) is 0 Å². The maximum Gasteiger partial charge on any atom is 0.306 e. The number of carbonyl (C=O) groups excluding carboxylic acids is 1. The van der Waals surface area contributed by atoms with E-state index in [1.807, 2.05) is 20.8 Å². The predicted octanol–water partition coefficient (Wildman–Crippen LogP) is 5.16. The molecular weight excluding hydrogens is 657 g/mol. The highest BCUT2D eigenvalue weighted by atomic mass is 125. The number of rotatable bonds is 9. The average molecular weight is 705 g/mol. The third-order valence-corrected chi connectivity index (χ3v) is 12.4. The number of aliphatic carboxylic acids is 1. The van der Waals surface area contributed by atoms with E-state index in [1.54, 1.807) is 0 Å². The number of hydrogen-bond acceptors (Lipinski definition) is 9. The van der Waals surface area contributed by atoms with Crippen molar-refractivity contribution in [3.05, 3.63) is 12.2 Å². The molecular formula is C31H47IO10. The Hall–Kier alpha value is -0.830. The van der Waals surface area contributed by atoms with Gasteiger partial charge in [-0.2, -0.15) is 4.89 Å². The Bertz CT molecular complexity index is 1040. The van der Waals surface area contributed by atoms with Gasteiger partial charge in [-0.05, 0) is 79.6 Å². The van der Waals surface area contributed by atoms with Gasteiger partial charge in [0.1, 0.15) is 6.10 Å². The number of carboxylic acid groups (broad SMARTS) is 1. The van der Waals surface area contributed by atoms with Gasteiger partial charge in [-0.25, -0.2) is 5.26 Å². The van der Waals surface area contributed by atoms with Crippen LogP contribution in [-0.2, 0) is 33.7 Å². The standard InChI is InChI=1S/C31H47IO10/c1-15(2)10-24(33)40-26-17(4)25(41-42-37)22(14-32)39-29(26)38-19-11-20(28(35)36)21-8-9-31-12-18(16(3)27(31)34)6-7-23(31)30(21,5)13-19/h15,17-23,25-27,29,34,37H,3,6-14H2,1-2,4-5H3,(H,35,36)/t17-,18?,19?,20?,21?,22?,23?,25?,26?,27?,29?,30?,31?/m1/s1/i32-2. The van der Waals surface area contributed by atoms with Gasteiger partial charge in [0, 0.05) is 22.2 Å². The highest BCUT2D eigenvalue weighted by molar-refractivity contribution is 14.1. The first-order chi connectivity index (χ1) is 19.9. The first-order valence-electron chi connectivity index (χ1n) is 15.5. The number of hydrogen-bond donors (Lipinski definition) is 3. The van der Waals surface area contributed by atoms with E-state index in [-0.39, 0.29) is 35.0 Å². The molecule has 10 nitrogen and oxygen atoms in total. The van der Waals surface area contributed by atoms with Gasteiger partial charge >= 0.3 is 11.9 Å². The zero-order chi connectivity index (χ0) is 30.6. The summed E-state index contributed by atoms with van der Waals surface area (Å²) in [5.74, 6) is -1.67. The molecule has 42 heavy (non-hydrogen) atoms. The Balaban J connectivity index is 1.43. The summed E-state index contributed by atoms with van der Waals surface area (Å²) >= 11 is 2.16. The number of alkyl halides is 1. The number of aliphatic hydroxyl groups is 1. The molecule has 1 heterocycles. The summed E-state index contributed by atoms with van der Waals surface area (Å²) in [6, 6.07) is 0. The smallest absolute Gasteiger partial charge is 0.306 e. The van der Waals surface area contributed by atoms with E-state index in [0.717, 1.165) is 37.7 Å². The lowest BCUT2D eigenvalue weighted by Crippen LogP contribution is -2.61. The lowest BCUT2D eigenvalue weighted by molar-refractivity contribution is -0.523. The van der Waals surface area contributed by atoms with Gasteiger partial charge in [0.15, 0.2) is 12.4 Å². The molecule has 0 aromatic carbocycles. The monoisotopic (exact) mass is 704 g/mol. The fourth-order valence-electron chi connectivity index (χ4n) is 9.75. The van der Waals surface area contributed by atoms with Crippen LogP contribution in [0.15, 0.2) is 12.2 Å². The summed E-state index contributed by atoms with van der Waals surface area (Å²) in [5.41, 5.74) is 0.327. The van der Waals surface area contributed by atoms with Crippen LogP contribution in [0.4, 0.5) is 0 Å². The van der Waals surface area contributed by atoms with Crippen molar-refractivity contribution in [3.8, 4) is 0 Å². The van der Waals surface area contributed by atoms with Gasteiger partial charge < -0.3 is 24.4 Å². The van der Waals surface area contributed by atoms with Gasteiger partial charge in [-0.15, -0.1) is 0 Å². The van der Waals surface area contributed by atoms with Crippen LogP contribution >= 0.6 is 22.6 Å². The lowest BCUT2D eigenvalue weighted by Gasteiger charge is -2.62. The maximum absolute atomic E-state index is 12.8. The van der Waals surface area contributed by atoms with E-state index >= 15 is 0 Å². The molecule has 2 bridgehead atoms. The van der Waals surface area contributed by atoms with E-state index in [2.05, 4.69) is 41.1 Å². The largest absolute Gasteiger partial charge is 0.481 e. The number of carboxylic acids is 1. The Labute approximate surface area is 261 Å². The van der Waals surface area contributed by atoms with E-state index in [0.29, 0.717) is 23.2 Å². The number of esters is 1. The molecule has 0 radical (unpaired) electrons. The Morgan fingerprint density at radius 3 is 2.57 bits per heavy atom. The molecule has 0 amide bonds. The topological polar surface area (TPSA) is 141 Å². The second kappa shape index (κ2) is 12.5. The van der Waals surface area contributed by atoms with E-state index in [9.17, 15) is 19.8 Å². The van der Waals surface area contributed by atoms with Crippen molar-refractivity contribution in [3.63, 3.8) is 0 Å². The van der Waals surface area contributed by atoms with Crippen molar-refractivity contribution in [1.29, 1.82) is 0 Å². The molecule has 1 spiro atoms. The number of fused-ring (bicyclic) bond motifs is 3. The highest BCUT2D eigenvalue weighted by Crippen LogP contribution is 2.70. The Kier molecular flexibility index (Phi) is 9.70. The molecule has 0 aromatic heterocycles. The van der Waals surface area contributed by atoms with Crippen LogP contribution in [0.1, 0.15) is 79.1 Å². The summed E-state index contributed by atoms with van der Waals surface area (Å²) in [7, 11) is 0. The number of halogens is 1. The molecule has 11 heteroatoms. The van der Waals surface area contributed by atoms with Gasteiger partial charge in [-0.3, -0.25) is 9.59 Å². The fourth-order valence-corrected chi connectivity index (χ4v) is 10.5. The maximum atomic E-state index is 12.8. The second-order valence-electron chi connectivity index (χ2n) is 14.3. The minimum atomic E-state index is -0.945. The van der Waals surface area contributed by atoms with Gasteiger partial charge in [0.25, 0.3) is 0 Å². The van der Waals surface area contributed by atoms with E-state index in [4.69, 9.17) is 24.4 Å². The van der Waals surface area contributed by atoms with Crippen LogP contribution in [-0.4, -0.2) is 68.6 Å². The zero-order valence-corrected chi connectivity index (χ0v) is 27.2. The molecule has 1 aliphatic heterocycles. The molecule has 13 atom stereocenters.